The summed E-state index contributed by atoms with van der Waals surface area (Å²) in [5, 5.41) is 2.58. The average Bonchev–Trinajstić information content (AvgIpc) is 3.42. The SMILES string of the molecule is CC(c1nc2ccccc2c(=O)n1N1[C@@H](c2ccccc2)[C@@H]1C(Cl)Cl)C(C)(C)C. The Morgan fingerprint density at radius 3 is 2.24 bits per heavy atom. The third-order valence-electron chi connectivity index (χ3n) is 5.92. The van der Waals surface area contributed by atoms with Gasteiger partial charge in [-0.2, -0.15) is 0 Å². The molecule has 0 bridgehead atoms. The summed E-state index contributed by atoms with van der Waals surface area (Å²) < 4.78 is 1.72. The fourth-order valence-corrected chi connectivity index (χ4v) is 4.29. The summed E-state index contributed by atoms with van der Waals surface area (Å²) in [7, 11) is 0. The van der Waals surface area contributed by atoms with Crippen LogP contribution in [-0.2, 0) is 0 Å². The number of aromatic nitrogens is 2. The van der Waals surface area contributed by atoms with Gasteiger partial charge in [-0.05, 0) is 23.1 Å². The van der Waals surface area contributed by atoms with Crippen LogP contribution >= 0.6 is 23.2 Å². The van der Waals surface area contributed by atoms with Gasteiger partial charge in [0, 0.05) is 5.92 Å². The van der Waals surface area contributed by atoms with E-state index in [2.05, 4.69) is 27.7 Å². The maximum atomic E-state index is 13.6. The van der Waals surface area contributed by atoms with Crippen molar-refractivity contribution in [3.05, 3.63) is 76.3 Å². The Balaban J connectivity index is 1.94. The monoisotopic (exact) mass is 429 g/mol. The highest BCUT2D eigenvalue weighted by atomic mass is 35.5. The summed E-state index contributed by atoms with van der Waals surface area (Å²) in [6.07, 6.45) is 0. The normalized spacial score (nSPS) is 20.3. The maximum absolute atomic E-state index is 13.6. The predicted octanol–water partition coefficient (Wildman–Crippen LogP) is 5.41. The molecule has 29 heavy (non-hydrogen) atoms. The lowest BCUT2D eigenvalue weighted by Crippen LogP contribution is -2.37. The molecule has 152 valence electrons. The van der Waals surface area contributed by atoms with Crippen LogP contribution in [0, 0.1) is 5.41 Å². The number of rotatable bonds is 4. The molecule has 1 aliphatic heterocycles. The van der Waals surface area contributed by atoms with Gasteiger partial charge >= 0.3 is 0 Å². The molecule has 1 aliphatic rings. The number of hydrogen-bond donors (Lipinski definition) is 0. The molecule has 2 heterocycles. The van der Waals surface area contributed by atoms with Crippen molar-refractivity contribution in [2.45, 2.75) is 50.5 Å². The van der Waals surface area contributed by atoms with Crippen LogP contribution in [0.3, 0.4) is 0 Å². The summed E-state index contributed by atoms with van der Waals surface area (Å²) >= 11 is 12.7. The summed E-state index contributed by atoms with van der Waals surface area (Å²) in [5.74, 6) is 0.778. The van der Waals surface area contributed by atoms with Crippen LogP contribution in [-0.4, -0.2) is 20.5 Å². The van der Waals surface area contributed by atoms with Crippen molar-refractivity contribution in [1.29, 1.82) is 0 Å². The predicted molar refractivity (Wildman–Crippen MR) is 121 cm³/mol. The van der Waals surface area contributed by atoms with Crippen LogP contribution in [0.4, 0.5) is 0 Å². The van der Waals surface area contributed by atoms with Gasteiger partial charge in [-0.1, -0.05) is 70.2 Å². The summed E-state index contributed by atoms with van der Waals surface area (Å²) in [6, 6.07) is 17.3. The molecular weight excluding hydrogens is 405 g/mol. The molecule has 3 aromatic rings. The highest BCUT2D eigenvalue weighted by Crippen LogP contribution is 2.46. The topological polar surface area (TPSA) is 37.9 Å². The van der Waals surface area contributed by atoms with Crippen LogP contribution < -0.4 is 10.6 Å². The van der Waals surface area contributed by atoms with Crippen molar-refractivity contribution in [2.75, 3.05) is 5.01 Å². The first-order valence-corrected chi connectivity index (χ1v) is 10.7. The largest absolute Gasteiger partial charge is 0.290 e. The van der Waals surface area contributed by atoms with Crippen LogP contribution in [0.2, 0.25) is 0 Å². The Hall–Kier alpha value is -2.04. The van der Waals surface area contributed by atoms with E-state index in [4.69, 9.17) is 28.2 Å². The number of alkyl halides is 2. The fraction of sp³-hybridized carbons (Fsp3) is 0.391. The quantitative estimate of drug-likeness (QED) is 0.410. The van der Waals surface area contributed by atoms with Gasteiger partial charge < -0.3 is 0 Å². The Labute approximate surface area is 181 Å². The smallest absolute Gasteiger partial charge is 0.280 e. The van der Waals surface area contributed by atoms with Gasteiger partial charge in [0.05, 0.1) is 16.9 Å². The van der Waals surface area contributed by atoms with E-state index in [0.717, 1.165) is 11.4 Å². The minimum atomic E-state index is -0.628. The minimum Gasteiger partial charge on any atom is -0.290 e. The number of hydrogen-bond acceptors (Lipinski definition) is 3. The molecule has 0 saturated carbocycles. The van der Waals surface area contributed by atoms with Gasteiger partial charge in [0.15, 0.2) is 0 Å². The third-order valence-corrected chi connectivity index (χ3v) is 6.44. The van der Waals surface area contributed by atoms with Crippen LogP contribution in [0.1, 0.15) is 51.0 Å². The van der Waals surface area contributed by atoms with Crippen LogP contribution in [0.15, 0.2) is 59.4 Å². The Morgan fingerprint density at radius 2 is 1.62 bits per heavy atom. The standard InChI is InChI=1S/C23H25Cl2N3O/c1-14(23(2,3)4)21-26-17-13-9-8-12-16(17)22(29)28(21)27-18(19(27)20(24)25)15-10-6-5-7-11-15/h5-14,18-20H,1-4H3/t14?,18-,19+,27?/m0/s1. The molecule has 0 radical (unpaired) electrons. The van der Waals surface area contributed by atoms with E-state index in [1.54, 1.807) is 4.68 Å². The van der Waals surface area contributed by atoms with E-state index in [1.165, 1.54) is 0 Å². The number of benzene rings is 2. The Bertz CT molecular complexity index is 1090. The lowest BCUT2D eigenvalue weighted by molar-refractivity contribution is 0.319. The van der Waals surface area contributed by atoms with Gasteiger partial charge in [-0.25, -0.2) is 9.66 Å². The fourth-order valence-electron chi connectivity index (χ4n) is 3.78. The van der Waals surface area contributed by atoms with Crippen molar-refractivity contribution in [3.8, 4) is 0 Å². The molecule has 0 N–H and O–H groups in total. The molecule has 1 fully saturated rings. The zero-order valence-corrected chi connectivity index (χ0v) is 18.5. The molecule has 2 aromatic carbocycles. The molecule has 0 spiro atoms. The molecule has 4 nitrogen and oxygen atoms in total. The molecule has 6 heteroatoms. The molecule has 1 aromatic heterocycles. The number of halogens is 2. The highest BCUT2D eigenvalue weighted by Gasteiger charge is 2.54. The van der Waals surface area contributed by atoms with Crippen molar-refractivity contribution >= 4 is 34.1 Å². The zero-order valence-electron chi connectivity index (χ0n) is 17.0. The molecule has 1 saturated heterocycles. The van der Waals surface area contributed by atoms with Gasteiger partial charge in [0.25, 0.3) is 5.56 Å². The highest BCUT2D eigenvalue weighted by molar-refractivity contribution is 6.45. The number of fused-ring (bicyclic) bond motifs is 1. The average molecular weight is 430 g/mol. The molecule has 1 unspecified atom stereocenters. The van der Waals surface area contributed by atoms with Crippen molar-refractivity contribution < 1.29 is 0 Å². The Kier molecular flexibility index (Phi) is 5.12. The first kappa shape index (κ1) is 20.2. The molecular formula is C23H25Cl2N3O. The second-order valence-electron chi connectivity index (χ2n) is 8.75. The molecule has 3 atom stereocenters. The van der Waals surface area contributed by atoms with E-state index in [0.29, 0.717) is 10.9 Å². The molecule has 0 amide bonds. The van der Waals surface area contributed by atoms with E-state index in [1.807, 2.05) is 59.6 Å². The van der Waals surface area contributed by atoms with Gasteiger partial charge in [-0.15, -0.1) is 23.2 Å². The van der Waals surface area contributed by atoms with Crippen molar-refractivity contribution in [2.24, 2.45) is 5.41 Å². The lowest BCUT2D eigenvalue weighted by Gasteiger charge is -2.29. The molecule has 0 aliphatic carbocycles. The van der Waals surface area contributed by atoms with E-state index in [-0.39, 0.29) is 29.0 Å². The van der Waals surface area contributed by atoms with Gasteiger partial charge in [-0.3, -0.25) is 9.80 Å². The minimum absolute atomic E-state index is 0.0431. The zero-order chi connectivity index (χ0) is 20.9. The summed E-state index contributed by atoms with van der Waals surface area (Å²) in [5.41, 5.74) is 1.64. The van der Waals surface area contributed by atoms with E-state index >= 15 is 0 Å². The first-order valence-electron chi connectivity index (χ1n) is 9.85. The lowest BCUT2D eigenvalue weighted by atomic mass is 9.81. The third kappa shape index (κ3) is 3.53. The van der Waals surface area contributed by atoms with Crippen molar-refractivity contribution in [3.63, 3.8) is 0 Å². The van der Waals surface area contributed by atoms with Crippen LogP contribution in [0.5, 0.6) is 0 Å². The maximum Gasteiger partial charge on any atom is 0.280 e. The van der Waals surface area contributed by atoms with Gasteiger partial charge in [0.2, 0.25) is 0 Å². The number of nitrogens with zero attached hydrogens (tertiary/aromatic N) is 3. The first-order chi connectivity index (χ1) is 13.7. The van der Waals surface area contributed by atoms with Gasteiger partial charge in [0.1, 0.15) is 16.7 Å². The second kappa shape index (κ2) is 7.33. The Morgan fingerprint density at radius 1 is 1.00 bits per heavy atom. The summed E-state index contributed by atoms with van der Waals surface area (Å²) in [6.45, 7) is 8.58. The number of para-hydroxylation sites is 1. The van der Waals surface area contributed by atoms with Crippen molar-refractivity contribution in [1.82, 2.24) is 9.66 Å². The molecule has 4 rings (SSSR count). The van der Waals surface area contributed by atoms with Crippen LogP contribution in [0.25, 0.3) is 10.9 Å². The van der Waals surface area contributed by atoms with E-state index in [9.17, 15) is 4.79 Å². The summed E-state index contributed by atoms with van der Waals surface area (Å²) in [4.78, 5) is 17.9. The second-order valence-corrected chi connectivity index (χ2v) is 9.92. The van der Waals surface area contributed by atoms with E-state index < -0.39 is 4.84 Å².